The van der Waals surface area contributed by atoms with Crippen LogP contribution in [0.2, 0.25) is 0 Å². The summed E-state index contributed by atoms with van der Waals surface area (Å²) in [4.78, 5) is 12.2. The number of carbonyl (C=O) groups excluding carboxylic acids is 1. The van der Waals surface area contributed by atoms with E-state index < -0.39 is 0 Å². The van der Waals surface area contributed by atoms with Crippen molar-refractivity contribution in [1.82, 2.24) is 4.90 Å². The van der Waals surface area contributed by atoms with Crippen LogP contribution < -0.4 is 4.74 Å². The van der Waals surface area contributed by atoms with Gasteiger partial charge in [-0.25, -0.2) is 4.39 Å². The maximum atomic E-state index is 13.0. The van der Waals surface area contributed by atoms with Gasteiger partial charge in [-0.3, -0.25) is 4.79 Å². The fourth-order valence-electron chi connectivity index (χ4n) is 1.19. The fourth-order valence-corrected chi connectivity index (χ4v) is 1.26. The summed E-state index contributed by atoms with van der Waals surface area (Å²) in [5.74, 6) is 0.198. The van der Waals surface area contributed by atoms with Crippen LogP contribution in [0.1, 0.15) is 5.56 Å². The van der Waals surface area contributed by atoms with Crippen LogP contribution in [-0.2, 0) is 6.54 Å². The smallest absolute Gasteiger partial charge is 0.278 e. The van der Waals surface area contributed by atoms with Gasteiger partial charge >= 0.3 is 0 Å². The van der Waals surface area contributed by atoms with Crippen molar-refractivity contribution in [3.8, 4) is 5.75 Å². The molecule has 1 amide bonds. The first-order chi connectivity index (χ1) is 7.04. The number of hydrogen-bond donors (Lipinski definition) is 1. The Kier molecular flexibility index (Phi) is 3.96. The SMILES string of the molecule is COc1ccc(F)cc1CN(C)C(=O)S. The molecular formula is C10H12FNO2S. The Bertz CT molecular complexity index is 370. The molecule has 3 nitrogen and oxygen atoms in total. The van der Waals surface area contributed by atoms with Crippen LogP contribution in [0.3, 0.4) is 0 Å². The van der Waals surface area contributed by atoms with Gasteiger partial charge in [0, 0.05) is 19.2 Å². The van der Waals surface area contributed by atoms with Crippen molar-refractivity contribution in [2.75, 3.05) is 14.2 Å². The highest BCUT2D eigenvalue weighted by atomic mass is 32.1. The lowest BCUT2D eigenvalue weighted by atomic mass is 10.2. The molecule has 5 heteroatoms. The molecule has 0 bridgehead atoms. The van der Waals surface area contributed by atoms with E-state index in [2.05, 4.69) is 12.6 Å². The van der Waals surface area contributed by atoms with Crippen LogP contribution in [0.25, 0.3) is 0 Å². The van der Waals surface area contributed by atoms with Gasteiger partial charge in [0.05, 0.1) is 7.11 Å². The first-order valence-corrected chi connectivity index (χ1v) is 4.75. The highest BCUT2D eigenvalue weighted by molar-refractivity contribution is 7.96. The number of amides is 1. The van der Waals surface area contributed by atoms with Gasteiger partial charge in [0.25, 0.3) is 5.24 Å². The van der Waals surface area contributed by atoms with E-state index in [9.17, 15) is 9.18 Å². The minimum Gasteiger partial charge on any atom is -0.496 e. The molecule has 1 rings (SSSR count). The minimum atomic E-state index is -0.374. The van der Waals surface area contributed by atoms with E-state index in [1.807, 2.05) is 0 Å². The number of hydrogen-bond acceptors (Lipinski definition) is 2. The van der Waals surface area contributed by atoms with E-state index in [1.165, 1.54) is 30.2 Å². The Balaban J connectivity index is 2.91. The molecule has 0 aromatic heterocycles. The molecule has 15 heavy (non-hydrogen) atoms. The average Bonchev–Trinajstić information content (AvgIpc) is 2.18. The molecule has 0 heterocycles. The topological polar surface area (TPSA) is 29.5 Å². The van der Waals surface area contributed by atoms with Crippen LogP contribution in [0, 0.1) is 5.82 Å². The molecule has 0 aliphatic heterocycles. The lowest BCUT2D eigenvalue weighted by Gasteiger charge is -2.16. The number of rotatable bonds is 3. The van der Waals surface area contributed by atoms with Crippen molar-refractivity contribution in [3.05, 3.63) is 29.6 Å². The molecule has 0 fully saturated rings. The van der Waals surface area contributed by atoms with E-state index in [1.54, 1.807) is 7.05 Å². The molecule has 82 valence electrons. The van der Waals surface area contributed by atoms with Crippen LogP contribution in [-0.4, -0.2) is 24.3 Å². The average molecular weight is 229 g/mol. The molecular weight excluding hydrogens is 217 g/mol. The fraction of sp³-hybridized carbons (Fsp3) is 0.300. The molecule has 0 N–H and O–H groups in total. The number of thiol groups is 1. The van der Waals surface area contributed by atoms with Gasteiger partial charge in [-0.2, -0.15) is 0 Å². The second-order valence-corrected chi connectivity index (χ2v) is 3.48. The number of halogens is 1. The third-order valence-corrected chi connectivity index (χ3v) is 2.32. The van der Waals surface area contributed by atoms with Crippen molar-refractivity contribution in [2.45, 2.75) is 6.54 Å². The molecule has 1 aromatic rings. The Hall–Kier alpha value is -1.23. The van der Waals surface area contributed by atoms with Crippen LogP contribution in [0.4, 0.5) is 9.18 Å². The van der Waals surface area contributed by atoms with E-state index in [4.69, 9.17) is 4.74 Å². The Morgan fingerprint density at radius 3 is 2.80 bits per heavy atom. The summed E-state index contributed by atoms with van der Waals surface area (Å²) in [5.41, 5.74) is 0.613. The molecule has 0 saturated heterocycles. The van der Waals surface area contributed by atoms with E-state index >= 15 is 0 Å². The second kappa shape index (κ2) is 5.02. The minimum absolute atomic E-state index is 0.267. The van der Waals surface area contributed by atoms with Gasteiger partial charge in [0.15, 0.2) is 0 Å². The molecule has 0 spiro atoms. The van der Waals surface area contributed by atoms with Crippen LogP contribution >= 0.6 is 12.6 Å². The van der Waals surface area contributed by atoms with Crippen molar-refractivity contribution < 1.29 is 13.9 Å². The standard InChI is InChI=1S/C10H12FNO2S/c1-12(10(13)15)6-7-5-8(11)3-4-9(7)14-2/h3-5H,6H2,1-2H3,(H,13,15). The summed E-state index contributed by atoms with van der Waals surface area (Å²) >= 11 is 3.67. The van der Waals surface area contributed by atoms with Gasteiger partial charge in [-0.15, -0.1) is 0 Å². The first kappa shape index (κ1) is 11.8. The summed E-state index contributed by atoms with van der Waals surface area (Å²) in [6.07, 6.45) is 0. The Labute approximate surface area is 93.2 Å². The molecule has 0 atom stereocenters. The number of nitrogens with zero attached hydrogens (tertiary/aromatic N) is 1. The largest absolute Gasteiger partial charge is 0.496 e. The lowest BCUT2D eigenvalue weighted by Crippen LogP contribution is -2.20. The van der Waals surface area contributed by atoms with Crippen molar-refractivity contribution in [1.29, 1.82) is 0 Å². The molecule has 0 aliphatic rings. The molecule has 0 radical (unpaired) electrons. The summed E-state index contributed by atoms with van der Waals surface area (Å²) < 4.78 is 18.0. The molecule has 1 aromatic carbocycles. The van der Waals surface area contributed by atoms with E-state index in [-0.39, 0.29) is 17.6 Å². The zero-order valence-electron chi connectivity index (χ0n) is 8.53. The lowest BCUT2D eigenvalue weighted by molar-refractivity contribution is 0.231. The zero-order valence-corrected chi connectivity index (χ0v) is 9.42. The summed E-state index contributed by atoms with van der Waals surface area (Å²) in [7, 11) is 3.08. The highest BCUT2D eigenvalue weighted by Crippen LogP contribution is 2.20. The van der Waals surface area contributed by atoms with E-state index in [0.29, 0.717) is 11.3 Å². The maximum absolute atomic E-state index is 13.0. The van der Waals surface area contributed by atoms with Crippen molar-refractivity contribution in [3.63, 3.8) is 0 Å². The summed E-state index contributed by atoms with van der Waals surface area (Å²) in [6, 6.07) is 4.18. The van der Waals surface area contributed by atoms with Gasteiger partial charge in [0.1, 0.15) is 11.6 Å². The zero-order chi connectivity index (χ0) is 11.4. The van der Waals surface area contributed by atoms with Gasteiger partial charge in [0.2, 0.25) is 0 Å². The Morgan fingerprint density at radius 2 is 2.27 bits per heavy atom. The third kappa shape index (κ3) is 3.13. The molecule has 0 aliphatic carbocycles. The second-order valence-electron chi connectivity index (χ2n) is 3.09. The predicted octanol–water partition coefficient (Wildman–Crippen LogP) is 2.32. The predicted molar refractivity (Wildman–Crippen MR) is 58.8 cm³/mol. The van der Waals surface area contributed by atoms with E-state index in [0.717, 1.165) is 0 Å². The molecule has 0 saturated carbocycles. The number of carbonyl (C=O) groups is 1. The van der Waals surface area contributed by atoms with Gasteiger partial charge < -0.3 is 9.64 Å². The van der Waals surface area contributed by atoms with Gasteiger partial charge in [-0.1, -0.05) is 12.6 Å². The van der Waals surface area contributed by atoms with Crippen molar-refractivity contribution in [2.24, 2.45) is 0 Å². The monoisotopic (exact) mass is 229 g/mol. The van der Waals surface area contributed by atoms with Gasteiger partial charge in [-0.05, 0) is 18.2 Å². The number of ether oxygens (including phenoxy) is 1. The first-order valence-electron chi connectivity index (χ1n) is 4.31. The summed E-state index contributed by atoms with van der Waals surface area (Å²) in [5, 5.41) is -0.374. The maximum Gasteiger partial charge on any atom is 0.278 e. The highest BCUT2D eigenvalue weighted by Gasteiger charge is 2.09. The number of benzene rings is 1. The summed E-state index contributed by atoms with van der Waals surface area (Å²) in [6.45, 7) is 0.267. The molecule has 0 unspecified atom stereocenters. The van der Waals surface area contributed by atoms with Crippen LogP contribution in [0.15, 0.2) is 18.2 Å². The quantitative estimate of drug-likeness (QED) is 0.806. The van der Waals surface area contributed by atoms with Crippen molar-refractivity contribution >= 4 is 17.9 Å². The third-order valence-electron chi connectivity index (χ3n) is 1.98. The Morgan fingerprint density at radius 1 is 1.60 bits per heavy atom. The number of methoxy groups -OCH3 is 1. The van der Waals surface area contributed by atoms with Crippen LogP contribution in [0.5, 0.6) is 5.75 Å². The normalized spacial score (nSPS) is 9.87.